The molecule has 0 heterocycles. The average molecular weight is 516 g/mol. The summed E-state index contributed by atoms with van der Waals surface area (Å²) in [5.74, 6) is -8.14. The molecule has 0 atom stereocenters. The molecule has 0 saturated carbocycles. The van der Waals surface area contributed by atoms with Crippen molar-refractivity contribution in [1.82, 2.24) is 0 Å². The van der Waals surface area contributed by atoms with Crippen molar-refractivity contribution >= 4 is 56.0 Å². The first-order chi connectivity index (χ1) is 9.40. The number of hydrogen-bond donors (Lipinski definition) is 3. The van der Waals surface area contributed by atoms with Gasteiger partial charge in [-0.2, -0.15) is 0 Å². The van der Waals surface area contributed by atoms with Gasteiger partial charge in [-0.25, -0.2) is 0 Å². The minimum absolute atomic E-state index is 0. The minimum Gasteiger partial charge on any atom is -0.550 e. The van der Waals surface area contributed by atoms with E-state index in [9.17, 15) is 39.3 Å². The minimum atomic E-state index is -2.97. The van der Waals surface area contributed by atoms with Crippen LogP contribution in [0.1, 0.15) is 25.7 Å². The first-order valence-corrected chi connectivity index (χ1v) is 5.18. The molecule has 0 saturated heterocycles. The second-order valence-corrected chi connectivity index (χ2v) is 3.70. The van der Waals surface area contributed by atoms with E-state index >= 15 is 0 Å². The van der Waals surface area contributed by atoms with Gasteiger partial charge in [-0.15, -0.1) is 0 Å². The summed E-state index contributed by atoms with van der Waals surface area (Å²) in [6.07, 6.45) is -3.31. The van der Waals surface area contributed by atoms with Gasteiger partial charge in [0.15, 0.2) is 0 Å². The number of carbonyl (C=O) groups is 5. The summed E-state index contributed by atoms with van der Waals surface area (Å²) in [4.78, 5) is 49.3. The largest absolute Gasteiger partial charge is 3.00 e. The number of hydrogen-bond acceptors (Lipinski definition) is 9. The molecule has 0 rings (SSSR count). The van der Waals surface area contributed by atoms with Gasteiger partial charge in [-0.1, -0.05) is 0 Å². The van der Waals surface area contributed by atoms with Crippen molar-refractivity contribution in [2.75, 3.05) is 0 Å². The fourth-order valence-corrected chi connectivity index (χ4v) is 0.898. The van der Waals surface area contributed by atoms with E-state index in [1.54, 1.807) is 0 Å². The zero-order valence-electron chi connectivity index (χ0n) is 10.9. The quantitative estimate of drug-likeness (QED) is 0.259. The zero-order valence-corrected chi connectivity index (χ0v) is 14.4. The van der Waals surface area contributed by atoms with Crippen LogP contribution in [0.5, 0.6) is 0 Å². The molecule has 0 aliphatic rings. The molecule has 0 aliphatic heterocycles. The van der Waals surface area contributed by atoms with Crippen LogP contribution in [0.15, 0.2) is 0 Å². The van der Waals surface area contributed by atoms with E-state index in [2.05, 4.69) is 0 Å². The van der Waals surface area contributed by atoms with Gasteiger partial charge < -0.3 is 45.0 Å². The summed E-state index contributed by atoms with van der Waals surface area (Å²) >= 11 is 0. The van der Waals surface area contributed by atoms with Gasteiger partial charge in [0.25, 0.3) is 0 Å². The molecule has 0 spiro atoms. The molecule has 3 N–H and O–H groups in total. The van der Waals surface area contributed by atoms with E-state index in [1.165, 1.54) is 0 Å². The molecule has 12 heteroatoms. The molecule has 11 nitrogen and oxygen atoms in total. The zero-order chi connectivity index (χ0) is 17.2. The summed E-state index contributed by atoms with van der Waals surface area (Å²) < 4.78 is 0. The summed E-state index contributed by atoms with van der Waals surface area (Å²) in [5.41, 5.74) is -2.97. The summed E-state index contributed by atoms with van der Waals surface area (Å²) in [6.45, 7) is 0. The Kier molecular flexibility index (Phi) is 13.5. The molecule has 0 aromatic heterocycles. The number of rotatable bonds is 8. The van der Waals surface area contributed by atoms with Gasteiger partial charge >= 0.3 is 38.1 Å². The molecule has 0 aromatic carbocycles. The Hall–Kier alpha value is -1.81. The van der Waals surface area contributed by atoms with Crippen LogP contribution in [0.2, 0.25) is 0 Å². The van der Waals surface area contributed by atoms with Crippen molar-refractivity contribution in [3.05, 3.63) is 0 Å². The van der Waals surface area contributed by atoms with Crippen LogP contribution in [-0.2, 0) is 24.0 Å². The third-order valence-corrected chi connectivity index (χ3v) is 1.81. The maximum atomic E-state index is 10.1. The third kappa shape index (κ3) is 14.6. The van der Waals surface area contributed by atoms with Crippen molar-refractivity contribution in [2.24, 2.45) is 0 Å². The van der Waals surface area contributed by atoms with Gasteiger partial charge in [0.2, 0.25) is 0 Å². The molecule has 0 bridgehead atoms. The number of aliphatic hydroxyl groups is 1. The van der Waals surface area contributed by atoms with E-state index in [-0.39, 0.29) is 39.0 Å². The SMILES string of the molecule is O=C(O)CCC(=O)O.O=C([O-])CC(O)(CC(=O)[O-])C(=O)[O-].[Bi+3]. The molecule has 0 fully saturated rings. The van der Waals surface area contributed by atoms with Crippen LogP contribution in [0.3, 0.4) is 0 Å². The summed E-state index contributed by atoms with van der Waals surface area (Å²) in [7, 11) is 0. The van der Waals surface area contributed by atoms with Crippen LogP contribution in [0.4, 0.5) is 0 Å². The molecule has 0 aromatic rings. The Morgan fingerprint density at radius 1 is 0.773 bits per heavy atom. The van der Waals surface area contributed by atoms with Crippen LogP contribution in [-0.4, -0.2) is 77.0 Å². The Morgan fingerprint density at radius 2 is 1.05 bits per heavy atom. The second kappa shape index (κ2) is 11.8. The third-order valence-electron chi connectivity index (χ3n) is 1.81. The number of carboxylic acid groups (broad SMARTS) is 5. The van der Waals surface area contributed by atoms with E-state index < -0.39 is 48.3 Å². The fourth-order valence-electron chi connectivity index (χ4n) is 0.898. The molecular formula is C10H11BiO11. The first kappa shape index (κ1) is 25.2. The van der Waals surface area contributed by atoms with Crippen molar-refractivity contribution in [3.63, 3.8) is 0 Å². The number of carbonyl (C=O) groups excluding carboxylic acids is 3. The maximum absolute atomic E-state index is 10.1. The standard InChI is InChI=1S/C6H8O7.C4H6O4.Bi/c7-3(8)1-6(13,5(11)12)2-4(9)10;5-3(6)1-2-4(7)8;/h13H,1-2H2,(H,7,8)(H,9,10)(H,11,12);1-2H2,(H,5,6)(H,7,8);/q;;+3/p-3. The summed E-state index contributed by atoms with van der Waals surface area (Å²) in [5, 5.41) is 54.7. The smallest absolute Gasteiger partial charge is 0.550 e. The Morgan fingerprint density at radius 3 is 1.18 bits per heavy atom. The predicted molar refractivity (Wildman–Crippen MR) is 59.5 cm³/mol. The second-order valence-electron chi connectivity index (χ2n) is 3.70. The van der Waals surface area contributed by atoms with Gasteiger partial charge in [-0.05, 0) is 0 Å². The molecule has 122 valence electrons. The van der Waals surface area contributed by atoms with Crippen molar-refractivity contribution in [2.45, 2.75) is 31.3 Å². The number of aliphatic carboxylic acids is 5. The van der Waals surface area contributed by atoms with Crippen LogP contribution in [0.25, 0.3) is 0 Å². The van der Waals surface area contributed by atoms with E-state index in [4.69, 9.17) is 15.3 Å². The normalized spacial score (nSPS) is 9.50. The van der Waals surface area contributed by atoms with Crippen molar-refractivity contribution in [1.29, 1.82) is 0 Å². The molecular weight excluding hydrogens is 505 g/mol. The molecule has 0 aliphatic carbocycles. The predicted octanol–water partition coefficient (Wildman–Crippen LogP) is -5.70. The van der Waals surface area contributed by atoms with E-state index in [1.807, 2.05) is 0 Å². The van der Waals surface area contributed by atoms with Crippen LogP contribution < -0.4 is 15.3 Å². The molecule has 22 heavy (non-hydrogen) atoms. The van der Waals surface area contributed by atoms with Gasteiger partial charge in [0.05, 0.1) is 18.8 Å². The molecule has 0 unspecified atom stereocenters. The van der Waals surface area contributed by atoms with Crippen LogP contribution in [0, 0.1) is 0 Å². The van der Waals surface area contributed by atoms with Gasteiger partial charge in [0, 0.05) is 24.8 Å². The maximum Gasteiger partial charge on any atom is 3.00 e. The molecule has 2 radical (unpaired) electrons. The number of carboxylic acids is 5. The fraction of sp³-hybridized carbons (Fsp3) is 0.500. The van der Waals surface area contributed by atoms with E-state index in [0.29, 0.717) is 0 Å². The van der Waals surface area contributed by atoms with Gasteiger partial charge in [0.1, 0.15) is 5.60 Å². The average Bonchev–Trinajstić information content (AvgIpc) is 2.24. The van der Waals surface area contributed by atoms with Crippen molar-refractivity contribution in [3.8, 4) is 0 Å². The topological polar surface area (TPSA) is 215 Å². The van der Waals surface area contributed by atoms with Crippen molar-refractivity contribution < 1.29 is 54.6 Å². The summed E-state index contributed by atoms with van der Waals surface area (Å²) in [6, 6.07) is 0. The monoisotopic (exact) mass is 516 g/mol. The molecule has 0 amide bonds. The van der Waals surface area contributed by atoms with Crippen LogP contribution >= 0.6 is 0 Å². The Bertz CT molecular complexity index is 401. The van der Waals surface area contributed by atoms with Gasteiger partial charge in [-0.3, -0.25) is 9.59 Å². The van der Waals surface area contributed by atoms with E-state index in [0.717, 1.165) is 0 Å². The Balaban J connectivity index is -0.000000348. The Labute approximate surface area is 142 Å². The first-order valence-electron chi connectivity index (χ1n) is 5.18.